The van der Waals surface area contributed by atoms with Crippen molar-refractivity contribution in [1.82, 2.24) is 0 Å². The first-order valence-electron chi connectivity index (χ1n) is 8.17. The van der Waals surface area contributed by atoms with Crippen LogP contribution in [0.1, 0.15) is 13.3 Å². The largest absolute Gasteiger partial charge is 0.465 e. The van der Waals surface area contributed by atoms with Gasteiger partial charge in [-0.25, -0.2) is 0 Å². The zero-order valence-corrected chi connectivity index (χ0v) is 14.0. The predicted molar refractivity (Wildman–Crippen MR) is 88.8 cm³/mol. The molecule has 1 amide bonds. The number of hydrogen-bond acceptors (Lipinski definition) is 4. The molecule has 0 aliphatic carbocycles. The molecule has 126 valence electrons. The van der Waals surface area contributed by atoms with Crippen molar-refractivity contribution < 1.29 is 19.1 Å². The van der Waals surface area contributed by atoms with E-state index in [4.69, 9.17) is 21.1 Å². The van der Waals surface area contributed by atoms with Gasteiger partial charge in [0, 0.05) is 0 Å². The van der Waals surface area contributed by atoms with Crippen LogP contribution in [-0.2, 0) is 19.1 Å². The number of para-hydroxylation sites is 1. The van der Waals surface area contributed by atoms with Gasteiger partial charge in [0.2, 0.25) is 5.91 Å². The van der Waals surface area contributed by atoms with Crippen molar-refractivity contribution in [3.05, 3.63) is 41.4 Å². The van der Waals surface area contributed by atoms with Crippen LogP contribution in [0.5, 0.6) is 0 Å². The van der Waals surface area contributed by atoms with E-state index in [9.17, 15) is 9.59 Å². The minimum atomic E-state index is -0.753. The first-order chi connectivity index (χ1) is 11.6. The van der Waals surface area contributed by atoms with Gasteiger partial charge in [0.1, 0.15) is 11.5 Å². The number of hydrogen-bond donors (Lipinski definition) is 0. The van der Waals surface area contributed by atoms with E-state index in [1.165, 1.54) is 0 Å². The van der Waals surface area contributed by atoms with Crippen molar-refractivity contribution in [2.75, 3.05) is 18.1 Å². The summed E-state index contributed by atoms with van der Waals surface area (Å²) in [5, 5.41) is 0.505. The first kappa shape index (κ1) is 15.7. The smallest absolute Gasteiger partial charge is 0.312 e. The Labute approximate surface area is 145 Å². The number of carbonyl (C=O) groups is 2. The lowest BCUT2D eigenvalue weighted by Gasteiger charge is -2.22. The average Bonchev–Trinajstić information content (AvgIpc) is 3.21. The predicted octanol–water partition coefficient (Wildman–Crippen LogP) is 2.58. The molecular formula is C18H18ClNO4. The monoisotopic (exact) mass is 347 g/mol. The van der Waals surface area contributed by atoms with E-state index in [0.29, 0.717) is 23.9 Å². The number of rotatable bonds is 4. The van der Waals surface area contributed by atoms with E-state index in [0.717, 1.165) is 6.42 Å². The van der Waals surface area contributed by atoms with Gasteiger partial charge in [0.25, 0.3) is 0 Å². The van der Waals surface area contributed by atoms with Crippen LogP contribution in [0.2, 0.25) is 5.02 Å². The highest BCUT2D eigenvalue weighted by Gasteiger charge is 2.67. The lowest BCUT2D eigenvalue weighted by molar-refractivity contribution is -0.152. The molecule has 3 aliphatic heterocycles. The van der Waals surface area contributed by atoms with Gasteiger partial charge in [-0.3, -0.25) is 9.59 Å². The zero-order chi connectivity index (χ0) is 16.9. The Morgan fingerprint density at radius 3 is 3.00 bits per heavy atom. The molecule has 5 nitrogen and oxygen atoms in total. The molecular weight excluding hydrogens is 330 g/mol. The van der Waals surface area contributed by atoms with E-state index in [-0.39, 0.29) is 18.0 Å². The Bertz CT molecular complexity index is 733. The molecule has 0 N–H and O–H groups in total. The molecule has 4 atom stereocenters. The van der Waals surface area contributed by atoms with Crippen LogP contribution >= 0.6 is 11.6 Å². The van der Waals surface area contributed by atoms with Crippen LogP contribution < -0.4 is 4.90 Å². The molecule has 0 aromatic heterocycles. The molecule has 3 heterocycles. The minimum absolute atomic E-state index is 0.131. The number of anilines is 1. The van der Waals surface area contributed by atoms with Crippen molar-refractivity contribution in [2.24, 2.45) is 11.8 Å². The van der Waals surface area contributed by atoms with Gasteiger partial charge >= 0.3 is 5.97 Å². The summed E-state index contributed by atoms with van der Waals surface area (Å²) >= 11 is 6.25. The average molecular weight is 348 g/mol. The molecule has 4 rings (SSSR count). The van der Waals surface area contributed by atoms with Gasteiger partial charge in [-0.05, 0) is 18.6 Å². The minimum Gasteiger partial charge on any atom is -0.465 e. The van der Waals surface area contributed by atoms with Crippen LogP contribution in [0.15, 0.2) is 36.4 Å². The second kappa shape index (κ2) is 5.60. The highest BCUT2D eigenvalue weighted by atomic mass is 35.5. The fourth-order valence-electron chi connectivity index (χ4n) is 3.94. The van der Waals surface area contributed by atoms with Crippen molar-refractivity contribution in [3.63, 3.8) is 0 Å². The van der Waals surface area contributed by atoms with Gasteiger partial charge in [0.05, 0.1) is 35.9 Å². The molecule has 0 unspecified atom stereocenters. The number of nitrogens with zero attached hydrogens (tertiary/aromatic N) is 1. The van der Waals surface area contributed by atoms with Crippen LogP contribution in [0.4, 0.5) is 5.69 Å². The lowest BCUT2D eigenvalue weighted by atomic mass is 9.77. The van der Waals surface area contributed by atoms with Crippen LogP contribution in [0.25, 0.3) is 0 Å². The number of benzene rings is 1. The van der Waals surface area contributed by atoms with E-state index < -0.39 is 17.4 Å². The number of halogens is 1. The molecule has 0 radical (unpaired) electrons. The Morgan fingerprint density at radius 1 is 1.46 bits per heavy atom. The quantitative estimate of drug-likeness (QED) is 0.620. The fourth-order valence-corrected chi connectivity index (χ4v) is 4.18. The number of esters is 1. The molecule has 2 fully saturated rings. The van der Waals surface area contributed by atoms with Crippen LogP contribution in [0.3, 0.4) is 0 Å². The van der Waals surface area contributed by atoms with Gasteiger partial charge in [-0.15, -0.1) is 0 Å². The summed E-state index contributed by atoms with van der Waals surface area (Å²) in [6.45, 7) is 2.66. The van der Waals surface area contributed by atoms with E-state index in [1.807, 2.05) is 31.2 Å². The molecule has 0 saturated carbocycles. The summed E-state index contributed by atoms with van der Waals surface area (Å²) in [4.78, 5) is 27.1. The molecule has 1 spiro atoms. The molecule has 1 aromatic rings. The molecule has 2 bridgehead atoms. The summed E-state index contributed by atoms with van der Waals surface area (Å²) in [6, 6.07) is 7.20. The molecule has 3 aliphatic rings. The maximum Gasteiger partial charge on any atom is 0.312 e. The highest BCUT2D eigenvalue weighted by molar-refractivity contribution is 6.34. The topological polar surface area (TPSA) is 55.8 Å². The van der Waals surface area contributed by atoms with Gasteiger partial charge in [-0.2, -0.15) is 0 Å². The summed E-state index contributed by atoms with van der Waals surface area (Å²) in [7, 11) is 0. The van der Waals surface area contributed by atoms with Gasteiger partial charge in [0.15, 0.2) is 0 Å². The molecule has 2 saturated heterocycles. The first-order valence-corrected chi connectivity index (χ1v) is 8.55. The maximum atomic E-state index is 13.1. The van der Waals surface area contributed by atoms with Crippen LogP contribution in [0, 0.1) is 11.8 Å². The summed E-state index contributed by atoms with van der Waals surface area (Å²) in [6.07, 6.45) is 4.16. The van der Waals surface area contributed by atoms with Crippen molar-refractivity contribution in [1.29, 1.82) is 0 Å². The molecule has 1 aromatic carbocycles. The number of ether oxygens (including phenoxy) is 2. The van der Waals surface area contributed by atoms with E-state index in [1.54, 1.807) is 17.0 Å². The Kier molecular flexibility index (Phi) is 3.66. The third-order valence-corrected chi connectivity index (χ3v) is 5.28. The molecule has 6 heteroatoms. The zero-order valence-electron chi connectivity index (χ0n) is 13.3. The van der Waals surface area contributed by atoms with Crippen molar-refractivity contribution in [2.45, 2.75) is 25.0 Å². The Morgan fingerprint density at radius 2 is 2.25 bits per heavy atom. The fraction of sp³-hybridized carbons (Fsp3) is 0.444. The van der Waals surface area contributed by atoms with E-state index in [2.05, 4.69) is 0 Å². The third kappa shape index (κ3) is 2.11. The van der Waals surface area contributed by atoms with Gasteiger partial charge < -0.3 is 14.4 Å². The Balaban J connectivity index is 1.67. The molecule has 24 heavy (non-hydrogen) atoms. The summed E-state index contributed by atoms with van der Waals surface area (Å²) in [5.41, 5.74) is -0.106. The second-order valence-corrected chi connectivity index (χ2v) is 6.85. The van der Waals surface area contributed by atoms with Crippen molar-refractivity contribution in [3.8, 4) is 0 Å². The van der Waals surface area contributed by atoms with Gasteiger partial charge in [-0.1, -0.05) is 42.8 Å². The maximum absolute atomic E-state index is 13.1. The number of amides is 1. The Hall–Kier alpha value is -1.85. The lowest BCUT2D eigenvalue weighted by Crippen LogP contribution is -2.40. The van der Waals surface area contributed by atoms with Crippen LogP contribution in [-0.4, -0.2) is 36.7 Å². The third-order valence-electron chi connectivity index (χ3n) is 4.96. The SMILES string of the molecule is CCCOC(=O)[C@@H]1[C@@H]2C=C[C@]3(CN(c4ccccc4Cl)C(=O)[C@H]13)O2. The second-order valence-electron chi connectivity index (χ2n) is 6.44. The summed E-state index contributed by atoms with van der Waals surface area (Å²) < 4.78 is 11.3. The summed E-state index contributed by atoms with van der Waals surface area (Å²) in [5.74, 6) is -1.62. The number of fused-ring (bicyclic) bond motifs is 1. The highest BCUT2D eigenvalue weighted by Crippen LogP contribution is 2.53. The van der Waals surface area contributed by atoms with Crippen molar-refractivity contribution >= 4 is 29.2 Å². The standard InChI is InChI=1S/C18H18ClNO4/c1-2-9-23-17(22)14-13-7-8-18(24-13)10-20(16(21)15(14)18)12-6-4-3-5-11(12)19/h3-8,13-15H,2,9-10H2,1H3/t13-,14+,15-,18+/m0/s1. The van der Waals surface area contributed by atoms with E-state index >= 15 is 0 Å². The number of carbonyl (C=O) groups excluding carboxylic acids is 2. The normalized spacial score (nSPS) is 33.2.